The summed E-state index contributed by atoms with van der Waals surface area (Å²) in [7, 11) is 0. The van der Waals surface area contributed by atoms with Gasteiger partial charge >= 0.3 is 0 Å². The lowest BCUT2D eigenvalue weighted by Crippen LogP contribution is -2.35. The Morgan fingerprint density at radius 1 is 1.31 bits per heavy atom. The van der Waals surface area contributed by atoms with Gasteiger partial charge in [0.2, 0.25) is 0 Å². The first-order chi connectivity index (χ1) is 7.52. The highest BCUT2D eigenvalue weighted by Crippen LogP contribution is 2.22. The summed E-state index contributed by atoms with van der Waals surface area (Å²) in [6, 6.07) is 0.614. The van der Waals surface area contributed by atoms with E-state index >= 15 is 0 Å². The zero-order chi connectivity index (χ0) is 12.4. The molecule has 16 heavy (non-hydrogen) atoms. The molecule has 0 rings (SSSR count). The van der Waals surface area contributed by atoms with Crippen LogP contribution in [-0.2, 0) is 0 Å². The smallest absolute Gasteiger partial charge is 0.00419 e. The van der Waals surface area contributed by atoms with Crippen molar-refractivity contribution in [2.45, 2.75) is 72.3 Å². The first-order valence-corrected chi connectivity index (χ1v) is 6.86. The minimum atomic E-state index is 0.442. The molecule has 0 aromatic rings. The Morgan fingerprint density at radius 3 is 2.56 bits per heavy atom. The summed E-state index contributed by atoms with van der Waals surface area (Å²) in [6.45, 7) is 14.2. The fourth-order valence-corrected chi connectivity index (χ4v) is 1.86. The lowest BCUT2D eigenvalue weighted by molar-refractivity contribution is 0.287. The largest absolute Gasteiger partial charge is 0.314 e. The number of hydrogen-bond acceptors (Lipinski definition) is 1. The van der Waals surface area contributed by atoms with E-state index in [-0.39, 0.29) is 0 Å². The van der Waals surface area contributed by atoms with E-state index in [2.05, 4.69) is 39.6 Å². The molecule has 0 spiro atoms. The van der Waals surface area contributed by atoms with Gasteiger partial charge in [-0.05, 0) is 31.6 Å². The Labute approximate surface area is 103 Å². The van der Waals surface area contributed by atoms with Gasteiger partial charge in [-0.15, -0.1) is 6.58 Å². The first-order valence-electron chi connectivity index (χ1n) is 6.86. The van der Waals surface area contributed by atoms with E-state index in [0.717, 1.165) is 13.0 Å². The van der Waals surface area contributed by atoms with Crippen molar-refractivity contribution in [2.24, 2.45) is 5.41 Å². The number of allylic oxidation sites excluding steroid dienone is 1. The van der Waals surface area contributed by atoms with Crippen LogP contribution in [0.5, 0.6) is 0 Å². The highest BCUT2D eigenvalue weighted by Gasteiger charge is 2.17. The van der Waals surface area contributed by atoms with Gasteiger partial charge in [-0.25, -0.2) is 0 Å². The Hall–Kier alpha value is -0.300. The van der Waals surface area contributed by atoms with Gasteiger partial charge < -0.3 is 5.32 Å². The molecule has 0 aliphatic rings. The topological polar surface area (TPSA) is 12.0 Å². The maximum atomic E-state index is 3.76. The molecule has 0 heterocycles. The molecule has 0 bridgehead atoms. The predicted octanol–water partition coefficient (Wildman–Crippen LogP) is 4.54. The summed E-state index contributed by atoms with van der Waals surface area (Å²) in [5.74, 6) is 0. The monoisotopic (exact) mass is 225 g/mol. The van der Waals surface area contributed by atoms with Crippen molar-refractivity contribution in [3.63, 3.8) is 0 Å². The molecule has 0 saturated carbocycles. The Kier molecular flexibility index (Phi) is 8.64. The van der Waals surface area contributed by atoms with Crippen LogP contribution < -0.4 is 5.32 Å². The number of nitrogens with one attached hydrogen (secondary N) is 1. The summed E-state index contributed by atoms with van der Waals surface area (Å²) in [6.07, 6.45) is 9.71. The Bertz CT molecular complexity index is 172. The average molecular weight is 225 g/mol. The van der Waals surface area contributed by atoms with Crippen molar-refractivity contribution in [3.8, 4) is 0 Å². The summed E-state index contributed by atoms with van der Waals surface area (Å²) in [5.41, 5.74) is 0.442. The van der Waals surface area contributed by atoms with Crippen molar-refractivity contribution in [3.05, 3.63) is 12.7 Å². The molecule has 0 fully saturated rings. The molecule has 1 nitrogen and oxygen atoms in total. The van der Waals surface area contributed by atoms with E-state index in [1.807, 2.05) is 6.08 Å². The van der Waals surface area contributed by atoms with Gasteiger partial charge in [-0.3, -0.25) is 0 Å². The highest BCUT2D eigenvalue weighted by atomic mass is 14.9. The SMILES string of the molecule is C=CCCC(C)NCC(C)(C)CCCCC. The van der Waals surface area contributed by atoms with E-state index in [1.54, 1.807) is 0 Å². The van der Waals surface area contributed by atoms with E-state index in [9.17, 15) is 0 Å². The van der Waals surface area contributed by atoms with Gasteiger partial charge in [0, 0.05) is 12.6 Å². The Balaban J connectivity index is 3.66. The molecular formula is C15H31N. The molecule has 0 aliphatic carbocycles. The Morgan fingerprint density at radius 2 is 2.00 bits per heavy atom. The van der Waals surface area contributed by atoms with Crippen molar-refractivity contribution in [1.29, 1.82) is 0 Å². The van der Waals surface area contributed by atoms with E-state index in [0.29, 0.717) is 11.5 Å². The van der Waals surface area contributed by atoms with Crippen LogP contribution in [0, 0.1) is 5.41 Å². The maximum absolute atomic E-state index is 3.76. The van der Waals surface area contributed by atoms with Gasteiger partial charge in [0.1, 0.15) is 0 Å². The van der Waals surface area contributed by atoms with Crippen molar-refractivity contribution < 1.29 is 0 Å². The molecule has 1 atom stereocenters. The zero-order valence-electron chi connectivity index (χ0n) is 11.8. The molecule has 96 valence electrons. The van der Waals surface area contributed by atoms with Crippen LogP contribution >= 0.6 is 0 Å². The summed E-state index contributed by atoms with van der Waals surface area (Å²) in [4.78, 5) is 0. The minimum absolute atomic E-state index is 0.442. The van der Waals surface area contributed by atoms with E-state index in [4.69, 9.17) is 0 Å². The first kappa shape index (κ1) is 15.7. The normalized spacial score (nSPS) is 13.8. The molecule has 0 aromatic carbocycles. The van der Waals surface area contributed by atoms with Gasteiger partial charge in [0.15, 0.2) is 0 Å². The third kappa shape index (κ3) is 8.96. The average Bonchev–Trinajstić information content (AvgIpc) is 2.24. The minimum Gasteiger partial charge on any atom is -0.314 e. The lowest BCUT2D eigenvalue weighted by atomic mass is 9.86. The van der Waals surface area contributed by atoms with Crippen molar-refractivity contribution in [2.75, 3.05) is 6.54 Å². The maximum Gasteiger partial charge on any atom is 0.00419 e. The summed E-state index contributed by atoms with van der Waals surface area (Å²) < 4.78 is 0. The molecular weight excluding hydrogens is 194 g/mol. The number of unbranched alkanes of at least 4 members (excludes halogenated alkanes) is 2. The lowest BCUT2D eigenvalue weighted by Gasteiger charge is -2.27. The van der Waals surface area contributed by atoms with Crippen LogP contribution in [0.3, 0.4) is 0 Å². The predicted molar refractivity (Wildman–Crippen MR) is 74.8 cm³/mol. The van der Waals surface area contributed by atoms with Crippen molar-refractivity contribution >= 4 is 0 Å². The van der Waals surface area contributed by atoms with Gasteiger partial charge in [-0.1, -0.05) is 46.1 Å². The van der Waals surface area contributed by atoms with Gasteiger partial charge in [0.05, 0.1) is 0 Å². The second-order valence-electron chi connectivity index (χ2n) is 5.77. The molecule has 0 saturated heterocycles. The molecule has 0 aliphatic heterocycles. The van der Waals surface area contributed by atoms with Crippen LogP contribution in [0.2, 0.25) is 0 Å². The van der Waals surface area contributed by atoms with Crippen LogP contribution in [0.15, 0.2) is 12.7 Å². The number of rotatable bonds is 10. The van der Waals surface area contributed by atoms with Crippen LogP contribution in [-0.4, -0.2) is 12.6 Å². The standard InChI is InChI=1S/C15H31N/c1-6-8-10-12-15(4,5)13-16-14(3)11-9-7-2/h7,14,16H,2,6,8-13H2,1,3-5H3. The molecule has 1 N–H and O–H groups in total. The van der Waals surface area contributed by atoms with Gasteiger partial charge in [0.25, 0.3) is 0 Å². The molecule has 0 aromatic heterocycles. The fraction of sp³-hybridized carbons (Fsp3) is 0.867. The molecule has 0 amide bonds. The third-order valence-electron chi connectivity index (χ3n) is 3.19. The van der Waals surface area contributed by atoms with Gasteiger partial charge in [-0.2, -0.15) is 0 Å². The fourth-order valence-electron chi connectivity index (χ4n) is 1.86. The number of hydrogen-bond donors (Lipinski definition) is 1. The van der Waals surface area contributed by atoms with E-state index < -0.39 is 0 Å². The molecule has 0 radical (unpaired) electrons. The quantitative estimate of drug-likeness (QED) is 0.425. The van der Waals surface area contributed by atoms with Crippen LogP contribution in [0.4, 0.5) is 0 Å². The van der Waals surface area contributed by atoms with Crippen molar-refractivity contribution in [1.82, 2.24) is 5.32 Å². The van der Waals surface area contributed by atoms with Crippen LogP contribution in [0.25, 0.3) is 0 Å². The summed E-state index contributed by atoms with van der Waals surface area (Å²) >= 11 is 0. The van der Waals surface area contributed by atoms with E-state index in [1.165, 1.54) is 32.1 Å². The molecule has 1 unspecified atom stereocenters. The second-order valence-corrected chi connectivity index (χ2v) is 5.77. The third-order valence-corrected chi connectivity index (χ3v) is 3.19. The molecule has 1 heteroatoms. The summed E-state index contributed by atoms with van der Waals surface area (Å²) in [5, 5.41) is 3.64. The van der Waals surface area contributed by atoms with Crippen LogP contribution in [0.1, 0.15) is 66.2 Å². The zero-order valence-corrected chi connectivity index (χ0v) is 11.8. The second kappa shape index (κ2) is 8.81. The highest BCUT2D eigenvalue weighted by molar-refractivity contribution is 4.76.